The van der Waals surface area contributed by atoms with Gasteiger partial charge in [0.05, 0.1) is 10.5 Å². The topological polar surface area (TPSA) is 138 Å². The van der Waals surface area contributed by atoms with E-state index in [4.69, 9.17) is 15.2 Å². The van der Waals surface area contributed by atoms with Crippen molar-refractivity contribution in [2.45, 2.75) is 30.8 Å². The molecule has 1 aliphatic rings. The molecule has 0 spiro atoms. The molecule has 0 unspecified atom stereocenters. The molecule has 0 atom stereocenters. The van der Waals surface area contributed by atoms with Crippen LogP contribution in [0.25, 0.3) is 0 Å². The summed E-state index contributed by atoms with van der Waals surface area (Å²) < 4.78 is 35.5. The third kappa shape index (κ3) is 5.01. The smallest absolute Gasteiger partial charge is 0.257 e. The fourth-order valence-electron chi connectivity index (χ4n) is 3.55. The van der Waals surface area contributed by atoms with Crippen LogP contribution < -0.4 is 20.5 Å². The first-order valence-corrected chi connectivity index (χ1v) is 12.2. The van der Waals surface area contributed by atoms with Crippen molar-refractivity contribution >= 4 is 27.5 Å². The molecule has 0 saturated heterocycles. The monoisotopic (exact) mass is 481 g/mol. The van der Waals surface area contributed by atoms with Gasteiger partial charge in [0.25, 0.3) is 5.91 Å². The molecule has 10 heteroatoms. The molecule has 34 heavy (non-hydrogen) atoms. The highest BCUT2D eigenvalue weighted by Crippen LogP contribution is 2.43. The molecule has 0 saturated carbocycles. The summed E-state index contributed by atoms with van der Waals surface area (Å²) in [5.74, 6) is 0.550. The second-order valence-corrected chi connectivity index (χ2v) is 10.6. The van der Waals surface area contributed by atoms with Crippen LogP contribution in [0.3, 0.4) is 0 Å². The minimum absolute atomic E-state index is 0.178. The van der Waals surface area contributed by atoms with Crippen LogP contribution in [0.2, 0.25) is 0 Å². The Morgan fingerprint density at radius 2 is 1.79 bits per heavy atom. The summed E-state index contributed by atoms with van der Waals surface area (Å²) >= 11 is 0. The summed E-state index contributed by atoms with van der Waals surface area (Å²) in [4.78, 5) is 28.4. The molecular weight excluding hydrogens is 458 g/mol. The second kappa shape index (κ2) is 8.45. The zero-order valence-electron chi connectivity index (χ0n) is 18.8. The lowest BCUT2D eigenvalue weighted by molar-refractivity contribution is 0.0998. The molecule has 0 aliphatic carbocycles. The Balaban J connectivity index is 1.64. The molecule has 1 aliphatic heterocycles. The van der Waals surface area contributed by atoms with Crippen molar-refractivity contribution in [2.75, 3.05) is 11.6 Å². The fraction of sp³-hybridized carbons (Fsp3) is 0.208. The third-order valence-electron chi connectivity index (χ3n) is 5.19. The van der Waals surface area contributed by atoms with E-state index in [0.29, 0.717) is 23.7 Å². The Kier molecular flexibility index (Phi) is 5.78. The maximum Gasteiger partial charge on any atom is 0.257 e. The fourth-order valence-corrected chi connectivity index (χ4v) is 4.18. The van der Waals surface area contributed by atoms with Gasteiger partial charge in [-0.05, 0) is 62.4 Å². The van der Waals surface area contributed by atoms with Crippen molar-refractivity contribution in [3.8, 4) is 17.2 Å². The van der Waals surface area contributed by atoms with Crippen LogP contribution in [-0.2, 0) is 16.3 Å². The predicted molar refractivity (Wildman–Crippen MR) is 125 cm³/mol. The zero-order valence-corrected chi connectivity index (χ0v) is 19.6. The van der Waals surface area contributed by atoms with E-state index in [1.54, 1.807) is 24.3 Å². The lowest BCUT2D eigenvalue weighted by Gasteiger charge is -2.16. The first kappa shape index (κ1) is 23.2. The number of fused-ring (bicyclic) bond motifs is 1. The normalized spacial score (nSPS) is 14.1. The van der Waals surface area contributed by atoms with E-state index in [-0.39, 0.29) is 21.8 Å². The van der Waals surface area contributed by atoms with E-state index in [0.717, 1.165) is 11.8 Å². The van der Waals surface area contributed by atoms with Crippen molar-refractivity contribution in [1.82, 2.24) is 4.98 Å². The SMILES string of the molecule is CC1(C)Cc2c(Oc3ccc(S(C)(=O)=O)cc3)cc(C(=O)Nc3ccc(C(N)=O)cn3)cc2O1. The largest absolute Gasteiger partial charge is 0.487 e. The minimum Gasteiger partial charge on any atom is -0.487 e. The number of ether oxygens (including phenoxy) is 2. The summed E-state index contributed by atoms with van der Waals surface area (Å²) in [7, 11) is -3.33. The number of aromatic nitrogens is 1. The lowest BCUT2D eigenvalue weighted by atomic mass is 9.99. The summed E-state index contributed by atoms with van der Waals surface area (Å²) in [6, 6.07) is 12.2. The first-order valence-electron chi connectivity index (χ1n) is 10.3. The molecule has 176 valence electrons. The summed E-state index contributed by atoms with van der Waals surface area (Å²) in [6.07, 6.45) is 2.98. The highest BCUT2D eigenvalue weighted by Gasteiger charge is 2.34. The molecule has 3 N–H and O–H groups in total. The van der Waals surface area contributed by atoms with Crippen LogP contribution in [0.4, 0.5) is 5.82 Å². The molecular formula is C24H23N3O6S. The van der Waals surface area contributed by atoms with Crippen LogP contribution in [0.5, 0.6) is 17.2 Å². The number of carbonyl (C=O) groups excluding carboxylic acids is 2. The number of sulfone groups is 1. The van der Waals surface area contributed by atoms with Crippen molar-refractivity contribution in [2.24, 2.45) is 5.73 Å². The zero-order chi connectivity index (χ0) is 24.7. The molecule has 9 nitrogen and oxygen atoms in total. The van der Waals surface area contributed by atoms with Crippen molar-refractivity contribution in [3.05, 3.63) is 71.4 Å². The first-order chi connectivity index (χ1) is 15.9. The van der Waals surface area contributed by atoms with Crippen molar-refractivity contribution in [1.29, 1.82) is 0 Å². The number of nitrogens with zero attached hydrogens (tertiary/aromatic N) is 1. The van der Waals surface area contributed by atoms with Gasteiger partial charge in [0.1, 0.15) is 28.7 Å². The Bertz CT molecular complexity index is 1380. The number of carbonyl (C=O) groups is 2. The van der Waals surface area contributed by atoms with E-state index in [9.17, 15) is 18.0 Å². The molecule has 2 amide bonds. The summed E-state index contributed by atoms with van der Waals surface area (Å²) in [5.41, 5.74) is 6.04. The van der Waals surface area contributed by atoms with E-state index < -0.39 is 27.3 Å². The van der Waals surface area contributed by atoms with E-state index in [1.807, 2.05) is 13.8 Å². The number of primary amides is 1. The molecule has 3 aromatic rings. The maximum atomic E-state index is 12.9. The van der Waals surface area contributed by atoms with Gasteiger partial charge in [-0.15, -0.1) is 0 Å². The number of benzene rings is 2. The van der Waals surface area contributed by atoms with Gasteiger partial charge >= 0.3 is 0 Å². The number of rotatable bonds is 6. The van der Waals surface area contributed by atoms with Crippen molar-refractivity contribution < 1.29 is 27.5 Å². The standard InChI is InChI=1S/C24H23N3O6S/c1-24(2)12-18-19(32-16-5-7-17(8-6-16)34(3,30)31)10-15(11-20(18)33-24)23(29)27-21-9-4-14(13-26-21)22(25)28/h4-11,13H,12H2,1-3H3,(H2,25,28)(H,26,27,29). The third-order valence-corrected chi connectivity index (χ3v) is 6.32. The number of pyridine rings is 1. The lowest BCUT2D eigenvalue weighted by Crippen LogP contribution is -2.24. The van der Waals surface area contributed by atoms with Crippen LogP contribution in [0.15, 0.2) is 59.6 Å². The van der Waals surface area contributed by atoms with E-state index in [2.05, 4.69) is 10.3 Å². The number of anilines is 1. The van der Waals surface area contributed by atoms with Gasteiger partial charge in [-0.2, -0.15) is 0 Å². The van der Waals surface area contributed by atoms with Crippen LogP contribution in [-0.4, -0.2) is 37.1 Å². The number of hydrogen-bond acceptors (Lipinski definition) is 7. The second-order valence-electron chi connectivity index (χ2n) is 8.59. The highest BCUT2D eigenvalue weighted by atomic mass is 32.2. The summed E-state index contributed by atoms with van der Waals surface area (Å²) in [6.45, 7) is 3.86. The molecule has 0 fully saturated rings. The van der Waals surface area contributed by atoms with E-state index >= 15 is 0 Å². The van der Waals surface area contributed by atoms with Gasteiger partial charge in [-0.25, -0.2) is 13.4 Å². The number of hydrogen-bond donors (Lipinski definition) is 2. The van der Waals surface area contributed by atoms with Crippen molar-refractivity contribution in [3.63, 3.8) is 0 Å². The average molecular weight is 482 g/mol. The Labute approximate surface area is 196 Å². The Morgan fingerprint density at radius 1 is 1.09 bits per heavy atom. The van der Waals surface area contributed by atoms with Crippen LogP contribution in [0.1, 0.15) is 40.1 Å². The van der Waals surface area contributed by atoms with Gasteiger partial charge in [-0.3, -0.25) is 9.59 Å². The number of nitrogens with two attached hydrogens (primary N) is 1. The number of nitrogens with one attached hydrogen (secondary N) is 1. The molecule has 1 aromatic heterocycles. The highest BCUT2D eigenvalue weighted by molar-refractivity contribution is 7.90. The van der Waals surface area contributed by atoms with Gasteiger partial charge in [0.15, 0.2) is 9.84 Å². The Hall–Kier alpha value is -3.92. The van der Waals surface area contributed by atoms with Gasteiger partial charge < -0.3 is 20.5 Å². The maximum absolute atomic E-state index is 12.9. The molecule has 2 heterocycles. The molecule has 2 aromatic carbocycles. The quantitative estimate of drug-likeness (QED) is 0.551. The number of amides is 2. The van der Waals surface area contributed by atoms with Crippen LogP contribution >= 0.6 is 0 Å². The van der Waals surface area contributed by atoms with Gasteiger partial charge in [0, 0.05) is 30.0 Å². The molecule has 4 rings (SSSR count). The Morgan fingerprint density at radius 3 is 2.38 bits per heavy atom. The van der Waals surface area contributed by atoms with Gasteiger partial charge in [-0.1, -0.05) is 0 Å². The minimum atomic E-state index is -3.33. The molecule has 0 radical (unpaired) electrons. The summed E-state index contributed by atoms with van der Waals surface area (Å²) in [5, 5.41) is 2.67. The molecule has 0 bridgehead atoms. The van der Waals surface area contributed by atoms with Crippen LogP contribution in [0, 0.1) is 0 Å². The average Bonchev–Trinajstić information content (AvgIpc) is 3.08. The predicted octanol–water partition coefficient (Wildman–Crippen LogP) is 3.34. The van der Waals surface area contributed by atoms with E-state index in [1.165, 1.54) is 30.5 Å². The van der Waals surface area contributed by atoms with Gasteiger partial charge in [0.2, 0.25) is 5.91 Å².